The van der Waals surface area contributed by atoms with Crippen LogP contribution in [-0.2, 0) is 22.0 Å². The topological polar surface area (TPSA) is 105 Å². The van der Waals surface area contributed by atoms with E-state index < -0.39 is 21.7 Å². The van der Waals surface area contributed by atoms with Gasteiger partial charge in [0.25, 0.3) is 10.0 Å². The molecule has 244 valence electrons. The molecule has 3 N–H and O–H groups in total. The van der Waals surface area contributed by atoms with Crippen molar-refractivity contribution in [2.75, 3.05) is 24.4 Å². The Hall–Kier alpha value is -5.22. The molecule has 9 heteroatoms. The Morgan fingerprint density at radius 1 is 0.729 bits per heavy atom. The maximum absolute atomic E-state index is 12.6. The van der Waals surface area contributed by atoms with Crippen molar-refractivity contribution >= 4 is 15.7 Å². The Morgan fingerprint density at radius 3 is 1.79 bits per heavy atom. The van der Waals surface area contributed by atoms with Gasteiger partial charge in [0.1, 0.15) is 18.2 Å². The predicted molar refractivity (Wildman–Crippen MR) is 189 cm³/mol. The lowest BCUT2D eigenvalue weighted by molar-refractivity contribution is 0.106. The molecular formula is C39H38N4O4S. The fourth-order valence-electron chi connectivity index (χ4n) is 5.81. The number of hydrogen-bond donors (Lipinski definition) is 3. The third-order valence-corrected chi connectivity index (χ3v) is 9.55. The third-order valence-electron chi connectivity index (χ3n) is 8.15. The van der Waals surface area contributed by atoms with Gasteiger partial charge in [0, 0.05) is 12.2 Å². The molecule has 6 rings (SSSR count). The number of aromatic nitrogens is 2. The molecule has 1 aromatic heterocycles. The van der Waals surface area contributed by atoms with Gasteiger partial charge in [-0.05, 0) is 59.5 Å². The van der Waals surface area contributed by atoms with Crippen LogP contribution in [0.1, 0.15) is 22.3 Å². The summed E-state index contributed by atoms with van der Waals surface area (Å²) in [7, 11) is -3.63. The highest BCUT2D eigenvalue weighted by atomic mass is 32.2. The Bertz CT molecular complexity index is 1870. The molecule has 0 unspecified atom stereocenters. The van der Waals surface area contributed by atoms with E-state index in [1.54, 1.807) is 48.7 Å². The van der Waals surface area contributed by atoms with Gasteiger partial charge in [-0.15, -0.1) is 0 Å². The number of sulfonamides is 1. The highest BCUT2D eigenvalue weighted by Crippen LogP contribution is 2.40. The second kappa shape index (κ2) is 15.1. The first-order chi connectivity index (χ1) is 23.4. The summed E-state index contributed by atoms with van der Waals surface area (Å²) in [6.07, 6.45) is 3.56. The number of ether oxygens (including phenoxy) is 1. The zero-order chi connectivity index (χ0) is 33.2. The smallest absolute Gasteiger partial charge is 0.261 e. The number of aliphatic hydroxyl groups excluding tert-OH is 1. The van der Waals surface area contributed by atoms with Crippen molar-refractivity contribution in [2.24, 2.45) is 0 Å². The molecule has 0 aliphatic heterocycles. The standard InChI is InChI=1S/C39H38N4O4S/c44-36(27-40-26-25-31-21-23-35(24-22-31)42-48(45,46)38-19-11-4-12-20-38)30-47-37-28-41-43(29-37)39(32-13-5-1-6-14-32,33-15-7-2-8-16-33)34-17-9-3-10-18-34/h1-24,28-29,36,40,42,44H,25-27,30H2/t36-/m1/s1. The van der Waals surface area contributed by atoms with Crippen LogP contribution in [0.4, 0.5) is 5.69 Å². The summed E-state index contributed by atoms with van der Waals surface area (Å²) in [5.41, 5.74) is 3.98. The molecule has 0 aliphatic carbocycles. The second-order valence-corrected chi connectivity index (χ2v) is 13.1. The number of rotatable bonds is 15. The van der Waals surface area contributed by atoms with E-state index in [9.17, 15) is 13.5 Å². The van der Waals surface area contributed by atoms with Crippen LogP contribution < -0.4 is 14.8 Å². The number of nitrogens with zero attached hydrogens (tertiary/aromatic N) is 2. The molecule has 5 aromatic carbocycles. The summed E-state index contributed by atoms with van der Waals surface area (Å²) in [5.74, 6) is 0.559. The van der Waals surface area contributed by atoms with Gasteiger partial charge in [0.05, 0.1) is 17.3 Å². The largest absolute Gasteiger partial charge is 0.488 e. The summed E-state index contributed by atoms with van der Waals surface area (Å²) >= 11 is 0. The third kappa shape index (κ3) is 7.50. The zero-order valence-corrected chi connectivity index (χ0v) is 27.2. The van der Waals surface area contributed by atoms with E-state index in [4.69, 9.17) is 9.84 Å². The molecule has 8 nitrogen and oxygen atoms in total. The van der Waals surface area contributed by atoms with Gasteiger partial charge in [-0.1, -0.05) is 121 Å². The van der Waals surface area contributed by atoms with E-state index in [1.807, 2.05) is 77.6 Å². The van der Waals surface area contributed by atoms with E-state index in [-0.39, 0.29) is 11.5 Å². The summed E-state index contributed by atoms with van der Waals surface area (Å²) < 4.78 is 35.7. The second-order valence-electron chi connectivity index (χ2n) is 11.5. The van der Waals surface area contributed by atoms with E-state index in [0.29, 0.717) is 30.9 Å². The van der Waals surface area contributed by atoms with Crippen molar-refractivity contribution in [2.45, 2.75) is 23.0 Å². The number of aliphatic hydroxyl groups is 1. The Morgan fingerprint density at radius 2 is 1.25 bits per heavy atom. The Balaban J connectivity index is 1.05. The molecule has 0 amide bonds. The average molecular weight is 659 g/mol. The first kappa shape index (κ1) is 32.7. The highest BCUT2D eigenvalue weighted by Gasteiger charge is 2.39. The molecule has 6 aromatic rings. The lowest BCUT2D eigenvalue weighted by atomic mass is 9.77. The van der Waals surface area contributed by atoms with Gasteiger partial charge in [-0.2, -0.15) is 5.10 Å². The summed E-state index contributed by atoms with van der Waals surface area (Å²) in [5, 5.41) is 18.7. The summed E-state index contributed by atoms with van der Waals surface area (Å²) in [4.78, 5) is 0.217. The normalized spacial score (nSPS) is 12.4. The van der Waals surface area contributed by atoms with Crippen LogP contribution in [0.5, 0.6) is 5.75 Å². The minimum absolute atomic E-state index is 0.101. The molecule has 0 saturated heterocycles. The minimum Gasteiger partial charge on any atom is -0.488 e. The number of hydrogen-bond acceptors (Lipinski definition) is 6. The molecule has 0 fully saturated rings. The minimum atomic E-state index is -3.63. The maximum Gasteiger partial charge on any atom is 0.261 e. The average Bonchev–Trinajstić information content (AvgIpc) is 3.61. The van der Waals surface area contributed by atoms with Crippen LogP contribution in [0.25, 0.3) is 0 Å². The number of nitrogens with one attached hydrogen (secondary N) is 2. The predicted octanol–water partition coefficient (Wildman–Crippen LogP) is 6.10. The fourth-order valence-corrected chi connectivity index (χ4v) is 6.88. The van der Waals surface area contributed by atoms with Crippen molar-refractivity contribution in [3.05, 3.63) is 180 Å². The van der Waals surface area contributed by atoms with E-state index >= 15 is 0 Å². The van der Waals surface area contributed by atoms with Crippen LogP contribution in [0.2, 0.25) is 0 Å². The molecule has 0 radical (unpaired) electrons. The van der Waals surface area contributed by atoms with Gasteiger partial charge in [-0.25, -0.2) is 13.1 Å². The first-order valence-electron chi connectivity index (χ1n) is 15.9. The lowest BCUT2D eigenvalue weighted by Gasteiger charge is -2.36. The van der Waals surface area contributed by atoms with Crippen molar-refractivity contribution in [3.63, 3.8) is 0 Å². The zero-order valence-electron chi connectivity index (χ0n) is 26.4. The quantitative estimate of drug-likeness (QED) is 0.0911. The van der Waals surface area contributed by atoms with Gasteiger partial charge in [0.15, 0.2) is 5.75 Å². The molecule has 0 aliphatic rings. The molecule has 1 atom stereocenters. The van der Waals surface area contributed by atoms with Crippen LogP contribution in [0.3, 0.4) is 0 Å². The van der Waals surface area contributed by atoms with Gasteiger partial charge >= 0.3 is 0 Å². The van der Waals surface area contributed by atoms with E-state index in [1.165, 1.54) is 0 Å². The van der Waals surface area contributed by atoms with Crippen LogP contribution in [0, 0.1) is 0 Å². The Kier molecular flexibility index (Phi) is 10.3. The molecule has 1 heterocycles. The molecular weight excluding hydrogens is 621 g/mol. The van der Waals surface area contributed by atoms with Crippen molar-refractivity contribution in [3.8, 4) is 5.75 Å². The van der Waals surface area contributed by atoms with Crippen molar-refractivity contribution in [1.29, 1.82) is 0 Å². The van der Waals surface area contributed by atoms with Gasteiger partial charge in [-0.3, -0.25) is 4.72 Å². The Labute approximate surface area is 281 Å². The molecule has 0 bridgehead atoms. The van der Waals surface area contributed by atoms with Crippen molar-refractivity contribution < 1.29 is 18.3 Å². The SMILES string of the molecule is O=S(=O)(Nc1ccc(CCNC[C@@H](O)COc2cnn(C(c3ccccc3)(c3ccccc3)c3ccccc3)c2)cc1)c1ccccc1. The fraction of sp³-hybridized carbons (Fsp3) is 0.154. The highest BCUT2D eigenvalue weighted by molar-refractivity contribution is 7.92. The summed E-state index contributed by atoms with van der Waals surface area (Å²) in [6.45, 7) is 1.09. The van der Waals surface area contributed by atoms with E-state index in [2.05, 4.69) is 46.4 Å². The number of benzene rings is 5. The molecule has 0 spiro atoms. The summed E-state index contributed by atoms with van der Waals surface area (Å²) in [6, 6.07) is 46.4. The monoisotopic (exact) mass is 658 g/mol. The number of anilines is 1. The van der Waals surface area contributed by atoms with Gasteiger partial charge in [0.2, 0.25) is 0 Å². The molecule has 0 saturated carbocycles. The van der Waals surface area contributed by atoms with Crippen LogP contribution in [0.15, 0.2) is 163 Å². The lowest BCUT2D eigenvalue weighted by Crippen LogP contribution is -2.38. The van der Waals surface area contributed by atoms with Gasteiger partial charge < -0.3 is 15.2 Å². The maximum atomic E-state index is 12.6. The van der Waals surface area contributed by atoms with E-state index in [0.717, 1.165) is 22.3 Å². The van der Waals surface area contributed by atoms with Crippen LogP contribution >= 0.6 is 0 Å². The van der Waals surface area contributed by atoms with Crippen LogP contribution in [-0.4, -0.2) is 49.1 Å². The van der Waals surface area contributed by atoms with Crippen molar-refractivity contribution in [1.82, 2.24) is 15.1 Å². The first-order valence-corrected chi connectivity index (χ1v) is 17.3. The molecule has 48 heavy (non-hydrogen) atoms.